The van der Waals surface area contributed by atoms with Crippen molar-refractivity contribution >= 4 is 46.1 Å². The molecule has 0 spiro atoms. The number of carbonyl (C=O) groups excluding carboxylic acids is 4. The minimum Gasteiger partial charge on any atom is -0.440 e. The smallest absolute Gasteiger partial charge is 0.422 e. The average Bonchev–Trinajstić information content (AvgIpc) is 4.19. The number of halogens is 6. The molecule has 4 aliphatic carbocycles. The van der Waals surface area contributed by atoms with Gasteiger partial charge in [0, 0.05) is 13.1 Å². The van der Waals surface area contributed by atoms with E-state index in [1.54, 1.807) is 37.5 Å². The van der Waals surface area contributed by atoms with Crippen molar-refractivity contribution < 1.29 is 55.0 Å². The van der Waals surface area contributed by atoms with Crippen LogP contribution in [0.1, 0.15) is 99.4 Å². The third kappa shape index (κ3) is 11.6. The molecule has 2 saturated heterocycles. The molecule has 12 rings (SSSR count). The lowest BCUT2D eigenvalue weighted by Gasteiger charge is -2.30. The monoisotopic (exact) mass is 1030 g/mol. The summed E-state index contributed by atoms with van der Waals surface area (Å²) < 4.78 is 85.0. The maximum atomic E-state index is 13.9. The highest BCUT2D eigenvalue weighted by Crippen LogP contribution is 2.38. The molecule has 0 unspecified atom stereocenters. The molecular weight excluding hydrogens is 971 g/mol. The molecule has 14 nitrogen and oxygen atoms in total. The highest BCUT2D eigenvalue weighted by molar-refractivity contribution is 5.89. The number of amides is 4. The predicted octanol–water partition coefficient (Wildman–Crippen LogP) is 10.6. The van der Waals surface area contributed by atoms with Crippen molar-refractivity contribution in [1.82, 2.24) is 40.4 Å². The van der Waals surface area contributed by atoms with E-state index < -0.39 is 85.6 Å². The van der Waals surface area contributed by atoms with Gasteiger partial charge in [0.15, 0.2) is 13.2 Å². The van der Waals surface area contributed by atoms with E-state index >= 15 is 0 Å². The fraction of sp³-hybridized carbons (Fsp3) is 0.444. The fourth-order valence-corrected chi connectivity index (χ4v) is 10.4. The number of nitrogens with zero attached hydrogens (tertiary/aromatic N) is 4. The molecule has 0 radical (unpaired) electrons. The summed E-state index contributed by atoms with van der Waals surface area (Å²) in [6, 6.07) is 22.4. The van der Waals surface area contributed by atoms with Crippen LogP contribution >= 0.6 is 0 Å². The predicted molar refractivity (Wildman–Crippen MR) is 264 cm³/mol. The number of nitrogens with one attached hydrogen (secondary N) is 4. The van der Waals surface area contributed by atoms with Crippen LogP contribution in [-0.4, -0.2) is 104 Å². The molecule has 0 saturated carbocycles. The van der Waals surface area contributed by atoms with Crippen LogP contribution in [0.25, 0.3) is 44.3 Å². The van der Waals surface area contributed by atoms with Crippen molar-refractivity contribution in [3.05, 3.63) is 107 Å². The Morgan fingerprint density at radius 3 is 1.38 bits per heavy atom. The number of aromatic nitrogens is 4. The summed E-state index contributed by atoms with van der Waals surface area (Å²) in [5.41, 5.74) is 11.9. The van der Waals surface area contributed by atoms with E-state index in [-0.39, 0.29) is 0 Å². The van der Waals surface area contributed by atoms with Gasteiger partial charge in [0.2, 0.25) is 11.8 Å². The maximum absolute atomic E-state index is 13.9. The highest BCUT2D eigenvalue weighted by Gasteiger charge is 2.40. The van der Waals surface area contributed by atoms with Crippen molar-refractivity contribution in [2.45, 2.75) is 116 Å². The number of carbonyl (C=O) groups is 4. The number of alkyl carbamates (subject to hydrolysis) is 2. The number of H-pyrrole nitrogens is 2. The lowest BCUT2D eigenvalue weighted by atomic mass is 9.87. The van der Waals surface area contributed by atoms with E-state index in [0.717, 1.165) is 81.1 Å². The summed E-state index contributed by atoms with van der Waals surface area (Å²) in [5, 5.41) is 4.69. The minimum atomic E-state index is -4.70. The molecule has 392 valence electrons. The zero-order valence-electron chi connectivity index (χ0n) is 41.4. The van der Waals surface area contributed by atoms with Crippen molar-refractivity contribution in [1.29, 1.82) is 0 Å². The number of likely N-dealkylation sites (tertiary alicyclic amines) is 2. The number of aromatic amines is 2. The SMILES string of the molecule is CC(C)[C@H](NC(=O)OCC(F)(F)F)C(=O)N1CCC[C@H]1c1nc2ccc(-c3cc4ccc3CCc3ccc(c(-c5ccc6nc([C@@H]7CCCN7C(=O)[C@@H](NC(=O)OCC(F)(F)F)C(C)C)[nH]c6c5)c3)CC4)cc2[nH]1. The number of benzene rings is 4. The molecule has 4 bridgehead atoms. The second kappa shape index (κ2) is 21.0. The number of aryl methyl sites for hydroxylation is 4. The van der Waals surface area contributed by atoms with Crippen LogP contribution in [-0.2, 0) is 44.7 Å². The van der Waals surface area contributed by atoms with Crippen LogP contribution in [0.5, 0.6) is 0 Å². The summed E-state index contributed by atoms with van der Waals surface area (Å²) in [5.74, 6) is -0.515. The van der Waals surface area contributed by atoms with Gasteiger partial charge in [-0.25, -0.2) is 19.6 Å². The van der Waals surface area contributed by atoms with Crippen molar-refractivity contribution in [3.8, 4) is 22.3 Å². The van der Waals surface area contributed by atoms with E-state index in [1.807, 2.05) is 12.1 Å². The summed E-state index contributed by atoms with van der Waals surface area (Å²) in [6.07, 6.45) is -6.38. The summed E-state index contributed by atoms with van der Waals surface area (Å²) in [7, 11) is 0. The number of ether oxygens (including phenoxy) is 2. The number of alkyl halides is 6. The van der Waals surface area contributed by atoms with Gasteiger partial charge >= 0.3 is 24.5 Å². The van der Waals surface area contributed by atoms with E-state index in [0.29, 0.717) is 50.4 Å². The van der Waals surface area contributed by atoms with Gasteiger partial charge in [0.1, 0.15) is 23.7 Å². The number of hydrogen-bond donors (Lipinski definition) is 4. The van der Waals surface area contributed by atoms with Crippen LogP contribution in [0, 0.1) is 11.8 Å². The molecule has 6 aromatic rings. The van der Waals surface area contributed by atoms with Crippen LogP contribution in [0.15, 0.2) is 72.8 Å². The Balaban J connectivity index is 0.905. The third-order valence-corrected chi connectivity index (χ3v) is 14.2. The van der Waals surface area contributed by atoms with E-state index in [9.17, 15) is 45.5 Å². The molecule has 2 aliphatic heterocycles. The Morgan fingerprint density at radius 2 is 1.00 bits per heavy atom. The fourth-order valence-electron chi connectivity index (χ4n) is 10.4. The summed E-state index contributed by atoms with van der Waals surface area (Å²) in [4.78, 5) is 72.3. The van der Waals surface area contributed by atoms with Crippen LogP contribution in [0.3, 0.4) is 0 Å². The molecule has 4 heterocycles. The lowest BCUT2D eigenvalue weighted by molar-refractivity contribution is -0.161. The van der Waals surface area contributed by atoms with Gasteiger partial charge in [-0.2, -0.15) is 26.3 Å². The van der Waals surface area contributed by atoms with Gasteiger partial charge in [-0.3, -0.25) is 9.59 Å². The summed E-state index contributed by atoms with van der Waals surface area (Å²) in [6.45, 7) is 4.09. The lowest BCUT2D eigenvalue weighted by Crippen LogP contribution is -2.51. The number of rotatable bonds is 12. The molecule has 20 heteroatoms. The van der Waals surface area contributed by atoms with E-state index in [4.69, 9.17) is 9.97 Å². The van der Waals surface area contributed by atoms with E-state index in [1.165, 1.54) is 11.1 Å². The van der Waals surface area contributed by atoms with Gasteiger partial charge in [0.05, 0.1) is 34.2 Å². The molecular formula is C54H58F6N8O6. The molecule has 2 aromatic heterocycles. The first-order valence-corrected chi connectivity index (χ1v) is 25.0. The quantitative estimate of drug-likeness (QED) is 0.0876. The molecule has 4 N–H and O–H groups in total. The zero-order valence-corrected chi connectivity index (χ0v) is 41.4. The van der Waals surface area contributed by atoms with Gasteiger partial charge in [0.25, 0.3) is 0 Å². The minimum absolute atomic E-state index is 0.394. The average molecular weight is 1030 g/mol. The highest BCUT2D eigenvalue weighted by atomic mass is 19.4. The number of fused-ring (bicyclic) bond motifs is 2. The first kappa shape index (κ1) is 51.8. The first-order valence-electron chi connectivity index (χ1n) is 25.0. The van der Waals surface area contributed by atoms with Gasteiger partial charge in [-0.05, 0) is 132 Å². The standard InChI is InChI=1S/C54H58F6N8O6/c1-29(2)45(65-51(71)73-27-53(55,56)57)49(69)67-21-5-7-43(67)47-61-39-19-17-35(25-41(39)63-47)37-23-31-9-13-33(37)15-11-32-10-14-34(16-12-31)38(24-32)36-18-20-40-42(26-36)64-48(62-40)44-8-6-22-68(44)50(70)46(30(3)4)66-52(72)74-28-54(58,59)60/h9-10,13-14,17-20,23-26,29-30,43-46H,5-8,11-12,15-16,21-22,27-28H2,1-4H3,(H,61,63)(H,62,64)(H,65,71)(H,66,72)/t43-,44-,45-,46-/m0/s1. The second-order valence-electron chi connectivity index (χ2n) is 20.2. The zero-order chi connectivity index (χ0) is 52.6. The Labute approximate surface area is 423 Å². The normalized spacial score (nSPS) is 18.0. The van der Waals surface area contributed by atoms with Crippen LogP contribution < -0.4 is 10.6 Å². The third-order valence-electron chi connectivity index (χ3n) is 14.2. The Hall–Kier alpha value is -7.12. The first-order chi connectivity index (χ1) is 35.2. The van der Waals surface area contributed by atoms with Crippen LogP contribution in [0.2, 0.25) is 0 Å². The maximum Gasteiger partial charge on any atom is 0.422 e. The molecule has 4 amide bonds. The second-order valence-corrected chi connectivity index (χ2v) is 20.2. The number of hydrogen-bond acceptors (Lipinski definition) is 8. The topological polar surface area (TPSA) is 175 Å². The Morgan fingerprint density at radius 1 is 0.595 bits per heavy atom. The Kier molecular flexibility index (Phi) is 14.7. The van der Waals surface area contributed by atoms with Crippen molar-refractivity contribution in [3.63, 3.8) is 0 Å². The Bertz CT molecular complexity index is 2870. The molecule has 6 aliphatic rings. The molecule has 2 fully saturated rings. The van der Waals surface area contributed by atoms with Gasteiger partial charge < -0.3 is 39.9 Å². The van der Waals surface area contributed by atoms with Gasteiger partial charge in [-0.1, -0.05) is 76.2 Å². The van der Waals surface area contributed by atoms with Gasteiger partial charge in [-0.15, -0.1) is 0 Å². The summed E-state index contributed by atoms with van der Waals surface area (Å²) >= 11 is 0. The molecule has 4 atom stereocenters. The van der Waals surface area contributed by atoms with Crippen molar-refractivity contribution in [2.75, 3.05) is 26.3 Å². The number of imidazole rings is 2. The van der Waals surface area contributed by atoms with Crippen LogP contribution in [0.4, 0.5) is 35.9 Å². The van der Waals surface area contributed by atoms with E-state index in [2.05, 4.69) is 90.7 Å². The molecule has 4 aromatic carbocycles. The molecule has 74 heavy (non-hydrogen) atoms. The largest absolute Gasteiger partial charge is 0.440 e. The van der Waals surface area contributed by atoms with Crippen molar-refractivity contribution in [2.24, 2.45) is 11.8 Å².